The molecular formula is C15H16N2O4. The molecule has 0 aliphatic rings. The number of nitro groups is 1. The first-order chi connectivity index (χ1) is 10.0. The summed E-state index contributed by atoms with van der Waals surface area (Å²) in [6.45, 7) is 3.50. The van der Waals surface area contributed by atoms with E-state index in [2.05, 4.69) is 4.98 Å². The number of aliphatic hydroxyl groups excluding tert-OH is 1. The molecule has 0 amide bonds. The highest BCUT2D eigenvalue weighted by molar-refractivity contribution is 5.50. The number of aromatic nitrogens is 1. The summed E-state index contributed by atoms with van der Waals surface area (Å²) >= 11 is 0. The Morgan fingerprint density at radius 2 is 2.19 bits per heavy atom. The number of pyridine rings is 1. The molecule has 6 heteroatoms. The molecule has 0 radical (unpaired) electrons. The van der Waals surface area contributed by atoms with Crippen LogP contribution >= 0.6 is 0 Å². The molecule has 1 aromatic carbocycles. The van der Waals surface area contributed by atoms with Crippen molar-refractivity contribution in [2.75, 3.05) is 0 Å². The van der Waals surface area contributed by atoms with Crippen molar-refractivity contribution in [1.82, 2.24) is 4.98 Å². The van der Waals surface area contributed by atoms with Gasteiger partial charge < -0.3 is 9.84 Å². The molecule has 1 N–H and O–H groups in total. The van der Waals surface area contributed by atoms with Crippen LogP contribution in [-0.2, 0) is 6.42 Å². The number of aliphatic hydroxyl groups is 1. The van der Waals surface area contributed by atoms with Gasteiger partial charge in [0.25, 0.3) is 0 Å². The van der Waals surface area contributed by atoms with Crippen molar-refractivity contribution in [2.24, 2.45) is 0 Å². The van der Waals surface area contributed by atoms with Gasteiger partial charge in [0.1, 0.15) is 0 Å². The third kappa shape index (κ3) is 3.35. The van der Waals surface area contributed by atoms with Crippen molar-refractivity contribution in [3.63, 3.8) is 0 Å². The Morgan fingerprint density at radius 1 is 1.43 bits per heavy atom. The van der Waals surface area contributed by atoms with Gasteiger partial charge in [0.15, 0.2) is 0 Å². The first kappa shape index (κ1) is 14.9. The van der Waals surface area contributed by atoms with Gasteiger partial charge in [-0.2, -0.15) is 0 Å². The summed E-state index contributed by atoms with van der Waals surface area (Å²) < 4.78 is 5.55. The molecule has 2 aromatic rings. The van der Waals surface area contributed by atoms with E-state index < -0.39 is 11.0 Å². The lowest BCUT2D eigenvalue weighted by Gasteiger charge is -2.12. The zero-order chi connectivity index (χ0) is 15.4. The van der Waals surface area contributed by atoms with E-state index in [0.717, 1.165) is 5.56 Å². The molecule has 1 aromatic heterocycles. The number of benzene rings is 1. The first-order valence-corrected chi connectivity index (χ1v) is 6.61. The Balaban J connectivity index is 2.42. The Labute approximate surface area is 122 Å². The summed E-state index contributed by atoms with van der Waals surface area (Å²) in [5.74, 6) is 0.276. The second-order valence-electron chi connectivity index (χ2n) is 4.59. The number of hydrogen-bond donors (Lipinski definition) is 1. The molecule has 6 nitrogen and oxygen atoms in total. The number of nitro benzene ring substituents is 1. The number of ether oxygens (including phenoxy) is 1. The molecule has 0 aliphatic heterocycles. The van der Waals surface area contributed by atoms with Crippen LogP contribution in [0.4, 0.5) is 5.69 Å². The molecule has 0 saturated carbocycles. The summed E-state index contributed by atoms with van der Waals surface area (Å²) in [5, 5.41) is 20.8. The van der Waals surface area contributed by atoms with Crippen molar-refractivity contribution < 1.29 is 14.8 Å². The van der Waals surface area contributed by atoms with E-state index in [1.54, 1.807) is 31.2 Å². The zero-order valence-electron chi connectivity index (χ0n) is 11.8. The number of aryl methyl sites for hydroxylation is 1. The molecule has 0 fully saturated rings. The Kier molecular flexibility index (Phi) is 4.49. The maximum Gasteiger partial charge on any atom is 0.311 e. The molecule has 0 spiro atoms. The lowest BCUT2D eigenvalue weighted by molar-refractivity contribution is -0.385. The molecule has 1 unspecified atom stereocenters. The van der Waals surface area contributed by atoms with Crippen LogP contribution in [0.5, 0.6) is 11.6 Å². The highest BCUT2D eigenvalue weighted by Crippen LogP contribution is 2.34. The molecule has 21 heavy (non-hydrogen) atoms. The fourth-order valence-electron chi connectivity index (χ4n) is 1.92. The maximum atomic E-state index is 11.2. The lowest BCUT2D eigenvalue weighted by Crippen LogP contribution is -2.00. The quantitative estimate of drug-likeness (QED) is 0.673. The molecule has 0 aliphatic carbocycles. The molecule has 2 rings (SSSR count). The van der Waals surface area contributed by atoms with Gasteiger partial charge in [-0.25, -0.2) is 4.98 Å². The summed E-state index contributed by atoms with van der Waals surface area (Å²) in [5.41, 5.74) is 1.22. The topological polar surface area (TPSA) is 85.5 Å². The summed E-state index contributed by atoms with van der Waals surface area (Å²) in [6.07, 6.45) is 1.43. The molecule has 0 saturated heterocycles. The average Bonchev–Trinajstić information content (AvgIpc) is 2.47. The number of hydrogen-bond acceptors (Lipinski definition) is 5. The number of rotatable bonds is 5. The van der Waals surface area contributed by atoms with Crippen molar-refractivity contribution in [1.29, 1.82) is 0 Å². The monoisotopic (exact) mass is 288 g/mol. The highest BCUT2D eigenvalue weighted by atomic mass is 16.6. The Morgan fingerprint density at radius 3 is 2.81 bits per heavy atom. The largest absolute Gasteiger partial charge is 0.431 e. The van der Waals surface area contributed by atoms with Crippen LogP contribution < -0.4 is 4.74 Å². The highest BCUT2D eigenvalue weighted by Gasteiger charge is 2.19. The number of nitrogens with zero attached hydrogens (tertiary/aromatic N) is 2. The fraction of sp³-hybridized carbons (Fsp3) is 0.267. The van der Waals surface area contributed by atoms with Gasteiger partial charge in [-0.05, 0) is 37.1 Å². The van der Waals surface area contributed by atoms with Crippen molar-refractivity contribution in [3.8, 4) is 11.6 Å². The SMILES string of the molecule is CCc1ccc(Oc2ncccc2C(C)O)c([N+](=O)[O-])c1. The van der Waals surface area contributed by atoms with Gasteiger partial charge in [0.2, 0.25) is 11.6 Å². The van der Waals surface area contributed by atoms with E-state index in [1.165, 1.54) is 12.3 Å². The minimum absolute atomic E-state index is 0.109. The fourth-order valence-corrected chi connectivity index (χ4v) is 1.92. The molecule has 0 bridgehead atoms. The molecule has 1 atom stereocenters. The van der Waals surface area contributed by atoms with Gasteiger partial charge in [0, 0.05) is 17.8 Å². The molecular weight excluding hydrogens is 272 g/mol. The van der Waals surface area contributed by atoms with Crippen LogP contribution in [0.2, 0.25) is 0 Å². The third-order valence-electron chi connectivity index (χ3n) is 3.09. The van der Waals surface area contributed by atoms with Crippen molar-refractivity contribution in [3.05, 3.63) is 57.8 Å². The second-order valence-corrected chi connectivity index (χ2v) is 4.59. The minimum atomic E-state index is -0.775. The first-order valence-electron chi connectivity index (χ1n) is 6.61. The minimum Gasteiger partial charge on any atom is -0.431 e. The predicted molar refractivity (Wildman–Crippen MR) is 77.4 cm³/mol. The average molecular weight is 288 g/mol. The standard InChI is InChI=1S/C15H16N2O4/c1-3-11-6-7-14(13(9-11)17(19)20)21-15-12(10(2)18)5-4-8-16-15/h4-10,18H,3H2,1-2H3. The van der Waals surface area contributed by atoms with E-state index in [-0.39, 0.29) is 17.3 Å². The van der Waals surface area contributed by atoms with E-state index in [9.17, 15) is 15.2 Å². The molecule has 1 heterocycles. The lowest BCUT2D eigenvalue weighted by atomic mass is 10.1. The van der Waals surface area contributed by atoms with Crippen LogP contribution in [0, 0.1) is 10.1 Å². The normalized spacial score (nSPS) is 12.0. The van der Waals surface area contributed by atoms with Gasteiger partial charge in [-0.1, -0.05) is 13.0 Å². The van der Waals surface area contributed by atoms with Gasteiger partial charge in [-0.3, -0.25) is 10.1 Å². The predicted octanol–water partition coefficient (Wildman–Crippen LogP) is 3.40. The van der Waals surface area contributed by atoms with E-state index in [0.29, 0.717) is 12.0 Å². The smallest absolute Gasteiger partial charge is 0.311 e. The van der Waals surface area contributed by atoms with Crippen molar-refractivity contribution in [2.45, 2.75) is 26.4 Å². The van der Waals surface area contributed by atoms with E-state index in [4.69, 9.17) is 4.74 Å². The maximum absolute atomic E-state index is 11.2. The Bertz CT molecular complexity index is 656. The third-order valence-corrected chi connectivity index (χ3v) is 3.09. The van der Waals surface area contributed by atoms with Crippen LogP contribution in [0.15, 0.2) is 36.5 Å². The van der Waals surface area contributed by atoms with Gasteiger partial charge in [0.05, 0.1) is 11.0 Å². The zero-order valence-corrected chi connectivity index (χ0v) is 11.8. The van der Waals surface area contributed by atoms with Crippen LogP contribution in [0.1, 0.15) is 31.1 Å². The van der Waals surface area contributed by atoms with Crippen LogP contribution in [0.25, 0.3) is 0 Å². The second kappa shape index (κ2) is 6.32. The Hall–Kier alpha value is -2.47. The van der Waals surface area contributed by atoms with Crippen molar-refractivity contribution >= 4 is 5.69 Å². The van der Waals surface area contributed by atoms with E-state index in [1.807, 2.05) is 6.92 Å². The van der Waals surface area contributed by atoms with E-state index >= 15 is 0 Å². The summed E-state index contributed by atoms with van der Waals surface area (Å²) in [4.78, 5) is 14.7. The van der Waals surface area contributed by atoms with Gasteiger partial charge >= 0.3 is 5.69 Å². The van der Waals surface area contributed by atoms with Crippen LogP contribution in [0.3, 0.4) is 0 Å². The summed E-state index contributed by atoms with van der Waals surface area (Å²) in [7, 11) is 0. The summed E-state index contributed by atoms with van der Waals surface area (Å²) in [6, 6.07) is 8.15. The van der Waals surface area contributed by atoms with Gasteiger partial charge in [-0.15, -0.1) is 0 Å². The molecule has 110 valence electrons. The van der Waals surface area contributed by atoms with Crippen LogP contribution in [-0.4, -0.2) is 15.0 Å².